The van der Waals surface area contributed by atoms with Gasteiger partial charge in [0.1, 0.15) is 6.10 Å². The molecule has 1 unspecified atom stereocenters. The van der Waals surface area contributed by atoms with E-state index in [1.807, 2.05) is 21.9 Å². The molecule has 1 aromatic carbocycles. The Hall–Kier alpha value is -1.88. The van der Waals surface area contributed by atoms with E-state index in [0.717, 1.165) is 38.9 Å². The third-order valence-corrected chi connectivity index (χ3v) is 5.57. The molecule has 1 atom stereocenters. The van der Waals surface area contributed by atoms with Crippen LogP contribution in [0.25, 0.3) is 0 Å². The number of hydrogen-bond acceptors (Lipinski definition) is 3. The number of rotatable bonds is 2. The van der Waals surface area contributed by atoms with E-state index in [-0.39, 0.29) is 17.9 Å². The molecule has 5 nitrogen and oxygen atoms in total. The molecule has 2 saturated heterocycles. The average Bonchev–Trinajstić information content (AvgIpc) is 3.07. The highest BCUT2D eigenvalue weighted by Gasteiger charge is 2.35. The average molecular weight is 328 g/mol. The predicted molar refractivity (Wildman–Crippen MR) is 89.3 cm³/mol. The van der Waals surface area contributed by atoms with E-state index >= 15 is 0 Å². The van der Waals surface area contributed by atoms with Crippen LogP contribution in [0.4, 0.5) is 0 Å². The van der Waals surface area contributed by atoms with Gasteiger partial charge in [-0.2, -0.15) is 0 Å². The minimum Gasteiger partial charge on any atom is -0.363 e. The zero-order valence-electron chi connectivity index (χ0n) is 13.9. The van der Waals surface area contributed by atoms with E-state index in [1.54, 1.807) is 0 Å². The number of carbonyl (C=O) groups excluding carboxylic acids is 2. The second-order valence-electron chi connectivity index (χ2n) is 7.02. The van der Waals surface area contributed by atoms with Crippen LogP contribution in [0.3, 0.4) is 0 Å². The summed E-state index contributed by atoms with van der Waals surface area (Å²) >= 11 is 0. The van der Waals surface area contributed by atoms with Crippen molar-refractivity contribution in [1.29, 1.82) is 0 Å². The number of ether oxygens (including phenoxy) is 1. The van der Waals surface area contributed by atoms with Crippen molar-refractivity contribution in [2.45, 2.75) is 50.9 Å². The second-order valence-corrected chi connectivity index (χ2v) is 7.02. The fourth-order valence-electron chi connectivity index (χ4n) is 4.16. The number of carbonyl (C=O) groups is 2. The molecule has 24 heavy (non-hydrogen) atoms. The highest BCUT2D eigenvalue weighted by Crippen LogP contribution is 2.25. The third kappa shape index (κ3) is 2.93. The van der Waals surface area contributed by atoms with Gasteiger partial charge in [-0.05, 0) is 30.4 Å². The molecule has 3 aliphatic heterocycles. The summed E-state index contributed by atoms with van der Waals surface area (Å²) in [5.74, 6) is 0.391. The molecule has 3 aliphatic rings. The van der Waals surface area contributed by atoms with Crippen LogP contribution in [-0.2, 0) is 27.4 Å². The molecule has 2 amide bonds. The standard InChI is InChI=1S/C19H24N2O3/c22-18-6-3-9-21(18)16-7-10-20(11-8-16)19(23)17-12-14-4-1-2-5-15(14)13-24-17/h1-2,4-5,16-17H,3,6-13H2. The van der Waals surface area contributed by atoms with Gasteiger partial charge in [0.15, 0.2) is 0 Å². The second kappa shape index (κ2) is 6.55. The van der Waals surface area contributed by atoms with Crippen LogP contribution in [0.5, 0.6) is 0 Å². The Kier molecular flexibility index (Phi) is 4.27. The molecular formula is C19H24N2O3. The van der Waals surface area contributed by atoms with Gasteiger partial charge in [0.25, 0.3) is 5.91 Å². The first kappa shape index (κ1) is 15.6. The van der Waals surface area contributed by atoms with Gasteiger partial charge >= 0.3 is 0 Å². The van der Waals surface area contributed by atoms with Gasteiger partial charge < -0.3 is 14.5 Å². The smallest absolute Gasteiger partial charge is 0.252 e. The van der Waals surface area contributed by atoms with Crippen LogP contribution in [0.2, 0.25) is 0 Å². The lowest BCUT2D eigenvalue weighted by molar-refractivity contribution is -0.147. The van der Waals surface area contributed by atoms with Gasteiger partial charge in [0, 0.05) is 38.5 Å². The molecule has 2 fully saturated rings. The van der Waals surface area contributed by atoms with Crippen LogP contribution in [-0.4, -0.2) is 53.4 Å². The zero-order valence-corrected chi connectivity index (χ0v) is 13.9. The topological polar surface area (TPSA) is 49.9 Å². The van der Waals surface area contributed by atoms with E-state index in [0.29, 0.717) is 25.5 Å². The Morgan fingerprint density at radius 1 is 1.08 bits per heavy atom. The van der Waals surface area contributed by atoms with Crippen molar-refractivity contribution in [2.75, 3.05) is 19.6 Å². The van der Waals surface area contributed by atoms with Crippen molar-refractivity contribution in [3.8, 4) is 0 Å². The lowest BCUT2D eigenvalue weighted by atomic mass is 9.97. The van der Waals surface area contributed by atoms with Gasteiger partial charge in [-0.15, -0.1) is 0 Å². The summed E-state index contributed by atoms with van der Waals surface area (Å²) in [6, 6.07) is 8.49. The number of piperidine rings is 1. The molecule has 128 valence electrons. The molecule has 4 rings (SSSR count). The maximum atomic E-state index is 12.8. The normalized spacial score (nSPS) is 25.0. The summed E-state index contributed by atoms with van der Waals surface area (Å²) < 4.78 is 5.81. The van der Waals surface area contributed by atoms with Crippen LogP contribution >= 0.6 is 0 Å². The van der Waals surface area contributed by atoms with Gasteiger partial charge in [-0.25, -0.2) is 0 Å². The minimum absolute atomic E-state index is 0.107. The van der Waals surface area contributed by atoms with E-state index < -0.39 is 0 Å². The fourth-order valence-corrected chi connectivity index (χ4v) is 4.16. The lowest BCUT2D eigenvalue weighted by Crippen LogP contribution is -2.50. The SMILES string of the molecule is O=C(C1Cc2ccccc2CO1)N1CCC(N2CCCC2=O)CC1. The molecule has 3 heterocycles. The Balaban J connectivity index is 1.34. The van der Waals surface area contributed by atoms with Gasteiger partial charge in [-0.1, -0.05) is 24.3 Å². The van der Waals surface area contributed by atoms with Crippen molar-refractivity contribution in [1.82, 2.24) is 9.80 Å². The van der Waals surface area contributed by atoms with Crippen LogP contribution in [0, 0.1) is 0 Å². The summed E-state index contributed by atoms with van der Waals surface area (Å²) in [5.41, 5.74) is 2.41. The molecule has 5 heteroatoms. The van der Waals surface area contributed by atoms with Crippen molar-refractivity contribution in [3.63, 3.8) is 0 Å². The monoisotopic (exact) mass is 328 g/mol. The van der Waals surface area contributed by atoms with Crippen LogP contribution in [0.15, 0.2) is 24.3 Å². The Labute approximate surface area is 142 Å². The Bertz CT molecular complexity index is 637. The van der Waals surface area contributed by atoms with Crippen molar-refractivity contribution in [3.05, 3.63) is 35.4 Å². The zero-order chi connectivity index (χ0) is 16.5. The number of fused-ring (bicyclic) bond motifs is 1. The number of likely N-dealkylation sites (tertiary alicyclic amines) is 2. The number of nitrogens with zero attached hydrogens (tertiary/aromatic N) is 2. The number of amides is 2. The predicted octanol–water partition coefficient (Wildman–Crippen LogP) is 1.74. The molecule has 0 aromatic heterocycles. The molecule has 0 spiro atoms. The third-order valence-electron chi connectivity index (χ3n) is 5.57. The largest absolute Gasteiger partial charge is 0.363 e. The quantitative estimate of drug-likeness (QED) is 0.831. The summed E-state index contributed by atoms with van der Waals surface area (Å²) in [6.07, 6.45) is 3.76. The highest BCUT2D eigenvalue weighted by molar-refractivity contribution is 5.82. The maximum Gasteiger partial charge on any atom is 0.252 e. The van der Waals surface area contributed by atoms with E-state index in [9.17, 15) is 9.59 Å². The van der Waals surface area contributed by atoms with Crippen molar-refractivity contribution in [2.24, 2.45) is 0 Å². The maximum absolute atomic E-state index is 12.8. The fraction of sp³-hybridized carbons (Fsp3) is 0.579. The molecule has 0 aliphatic carbocycles. The number of hydrogen-bond donors (Lipinski definition) is 0. The summed E-state index contributed by atoms with van der Waals surface area (Å²) in [4.78, 5) is 28.6. The Morgan fingerprint density at radius 3 is 2.54 bits per heavy atom. The molecular weight excluding hydrogens is 304 g/mol. The van der Waals surface area contributed by atoms with Crippen molar-refractivity contribution >= 4 is 11.8 Å². The summed E-state index contributed by atoms with van der Waals surface area (Å²) in [5, 5.41) is 0. The van der Waals surface area contributed by atoms with Gasteiger partial charge in [0.05, 0.1) is 6.61 Å². The molecule has 0 radical (unpaired) electrons. The number of benzene rings is 1. The molecule has 1 aromatic rings. The van der Waals surface area contributed by atoms with E-state index in [4.69, 9.17) is 4.74 Å². The van der Waals surface area contributed by atoms with Crippen LogP contribution < -0.4 is 0 Å². The van der Waals surface area contributed by atoms with Gasteiger partial charge in [-0.3, -0.25) is 9.59 Å². The van der Waals surface area contributed by atoms with E-state index in [1.165, 1.54) is 11.1 Å². The lowest BCUT2D eigenvalue weighted by Gasteiger charge is -2.38. The summed E-state index contributed by atoms with van der Waals surface area (Å²) in [6.45, 7) is 2.87. The summed E-state index contributed by atoms with van der Waals surface area (Å²) in [7, 11) is 0. The molecule has 0 saturated carbocycles. The van der Waals surface area contributed by atoms with Crippen LogP contribution in [0.1, 0.15) is 36.8 Å². The first-order valence-corrected chi connectivity index (χ1v) is 8.99. The van der Waals surface area contributed by atoms with E-state index in [2.05, 4.69) is 12.1 Å². The Morgan fingerprint density at radius 2 is 1.83 bits per heavy atom. The van der Waals surface area contributed by atoms with Gasteiger partial charge in [0.2, 0.25) is 5.91 Å². The minimum atomic E-state index is -0.357. The first-order chi connectivity index (χ1) is 11.7. The first-order valence-electron chi connectivity index (χ1n) is 8.99. The van der Waals surface area contributed by atoms with Crippen molar-refractivity contribution < 1.29 is 14.3 Å². The molecule has 0 N–H and O–H groups in total. The molecule has 0 bridgehead atoms. The highest BCUT2D eigenvalue weighted by atomic mass is 16.5.